The molecule has 1 aromatic carbocycles. The van der Waals surface area contributed by atoms with E-state index in [0.717, 1.165) is 0 Å². The molecule has 0 spiro atoms. The molecule has 0 atom stereocenters. The summed E-state index contributed by atoms with van der Waals surface area (Å²) < 4.78 is 2.78. The molecule has 0 bridgehead atoms. The lowest BCUT2D eigenvalue weighted by Crippen LogP contribution is -2.31. The quantitative estimate of drug-likeness (QED) is 0.240. The fraction of sp³-hybridized carbons (Fsp3) is 0. The minimum Gasteiger partial charge on any atom is -0.320 e. The SMILES string of the molecule is NNC(=O)c1c(NC(=O)c2cc(Br)nn2-c2ncccc2Cl)ccc(Br)c1Br. The molecule has 3 rings (SSSR count). The first-order valence-electron chi connectivity index (χ1n) is 7.50. The second-order valence-electron chi connectivity index (χ2n) is 5.28. The lowest BCUT2D eigenvalue weighted by Gasteiger charge is -2.13. The van der Waals surface area contributed by atoms with Gasteiger partial charge in [-0.3, -0.25) is 15.0 Å². The van der Waals surface area contributed by atoms with Crippen molar-refractivity contribution in [2.75, 3.05) is 5.32 Å². The number of nitrogens with two attached hydrogens (primary N) is 1. The van der Waals surface area contributed by atoms with E-state index in [0.29, 0.717) is 18.6 Å². The van der Waals surface area contributed by atoms with Gasteiger partial charge in [-0.2, -0.15) is 5.10 Å². The molecule has 4 N–H and O–H groups in total. The Balaban J connectivity index is 2.04. The van der Waals surface area contributed by atoms with Crippen LogP contribution in [0.25, 0.3) is 5.82 Å². The fourth-order valence-corrected chi connectivity index (χ4v) is 3.78. The Morgan fingerprint density at radius 3 is 2.57 bits per heavy atom. The Morgan fingerprint density at radius 2 is 1.89 bits per heavy atom. The topological polar surface area (TPSA) is 115 Å². The van der Waals surface area contributed by atoms with Crippen LogP contribution >= 0.6 is 59.4 Å². The smallest absolute Gasteiger partial charge is 0.274 e. The monoisotopic (exact) mass is 590 g/mol. The highest BCUT2D eigenvalue weighted by Crippen LogP contribution is 2.32. The minimum atomic E-state index is -0.578. The second kappa shape index (κ2) is 8.70. The van der Waals surface area contributed by atoms with Crippen LogP contribution in [0.1, 0.15) is 20.8 Å². The van der Waals surface area contributed by atoms with Crippen molar-refractivity contribution in [2.45, 2.75) is 0 Å². The first-order valence-corrected chi connectivity index (χ1v) is 10.3. The van der Waals surface area contributed by atoms with Crippen LogP contribution in [0, 0.1) is 0 Å². The summed E-state index contributed by atoms with van der Waals surface area (Å²) in [6, 6.07) is 8.06. The molecule has 0 radical (unpaired) electrons. The molecule has 28 heavy (non-hydrogen) atoms. The van der Waals surface area contributed by atoms with Crippen LogP contribution in [0.2, 0.25) is 5.02 Å². The first-order chi connectivity index (χ1) is 13.3. The van der Waals surface area contributed by atoms with E-state index in [1.165, 1.54) is 16.9 Å². The number of anilines is 1. The summed E-state index contributed by atoms with van der Waals surface area (Å²) >= 11 is 16.1. The standard InChI is InChI=1S/C16H10Br3ClN6O2/c17-7-3-4-9(12(13(7)19)16(28)24-21)23-15(27)10-6-11(18)25-26(10)14-8(20)2-1-5-22-14/h1-6H,21H2,(H,23,27)(H,24,28). The number of aromatic nitrogens is 3. The second-order valence-corrected chi connectivity index (χ2v) is 8.15. The van der Waals surface area contributed by atoms with Crippen molar-refractivity contribution in [1.29, 1.82) is 0 Å². The third-order valence-electron chi connectivity index (χ3n) is 3.55. The van der Waals surface area contributed by atoms with E-state index >= 15 is 0 Å². The van der Waals surface area contributed by atoms with E-state index in [1.54, 1.807) is 24.3 Å². The minimum absolute atomic E-state index is 0.158. The van der Waals surface area contributed by atoms with Crippen molar-refractivity contribution in [1.82, 2.24) is 20.2 Å². The molecule has 0 fully saturated rings. The summed E-state index contributed by atoms with van der Waals surface area (Å²) in [7, 11) is 0. The van der Waals surface area contributed by atoms with Crippen LogP contribution in [0.15, 0.2) is 50.1 Å². The molecule has 0 aliphatic rings. The maximum absolute atomic E-state index is 12.9. The third kappa shape index (κ3) is 4.13. The normalized spacial score (nSPS) is 10.6. The molecule has 0 saturated heterocycles. The maximum Gasteiger partial charge on any atom is 0.274 e. The van der Waals surface area contributed by atoms with Crippen LogP contribution in [0.5, 0.6) is 0 Å². The summed E-state index contributed by atoms with van der Waals surface area (Å²) in [5.74, 6) is 4.45. The highest BCUT2D eigenvalue weighted by molar-refractivity contribution is 9.13. The van der Waals surface area contributed by atoms with Crippen LogP contribution in [-0.4, -0.2) is 26.6 Å². The van der Waals surface area contributed by atoms with Crippen molar-refractivity contribution in [3.05, 3.63) is 66.4 Å². The van der Waals surface area contributed by atoms with Crippen LogP contribution in [-0.2, 0) is 0 Å². The number of benzene rings is 1. The fourth-order valence-electron chi connectivity index (χ4n) is 2.34. The van der Waals surface area contributed by atoms with Gasteiger partial charge in [-0.1, -0.05) is 11.6 Å². The predicted octanol–water partition coefficient (Wildman–Crippen LogP) is 4.06. The number of hydrazine groups is 1. The van der Waals surface area contributed by atoms with Gasteiger partial charge < -0.3 is 5.32 Å². The Hall–Kier alpha value is -1.79. The van der Waals surface area contributed by atoms with Gasteiger partial charge in [0, 0.05) is 21.2 Å². The zero-order chi connectivity index (χ0) is 20.4. The van der Waals surface area contributed by atoms with Crippen molar-refractivity contribution in [3.8, 4) is 5.82 Å². The Labute approximate surface area is 189 Å². The molecule has 0 aliphatic heterocycles. The van der Waals surface area contributed by atoms with Gasteiger partial charge in [0.25, 0.3) is 11.8 Å². The predicted molar refractivity (Wildman–Crippen MR) is 116 cm³/mol. The molecular formula is C16H10Br3ClN6O2. The number of hydrogen-bond acceptors (Lipinski definition) is 5. The summed E-state index contributed by atoms with van der Waals surface area (Å²) in [4.78, 5) is 29.3. The van der Waals surface area contributed by atoms with Crippen LogP contribution in [0.4, 0.5) is 5.69 Å². The number of pyridine rings is 1. The molecule has 2 amide bonds. The van der Waals surface area contributed by atoms with Crippen LogP contribution in [0.3, 0.4) is 0 Å². The van der Waals surface area contributed by atoms with Crippen molar-refractivity contribution >= 4 is 76.9 Å². The molecule has 2 heterocycles. The summed E-state index contributed by atoms with van der Waals surface area (Å²) in [5, 5.41) is 7.23. The molecule has 0 saturated carbocycles. The third-order valence-corrected chi connectivity index (χ3v) is 6.25. The molecule has 12 heteroatoms. The Morgan fingerprint density at radius 1 is 1.14 bits per heavy atom. The average molecular weight is 593 g/mol. The van der Waals surface area contributed by atoms with E-state index < -0.39 is 11.8 Å². The van der Waals surface area contributed by atoms with Gasteiger partial charge >= 0.3 is 0 Å². The number of rotatable bonds is 4. The van der Waals surface area contributed by atoms with Crippen molar-refractivity contribution in [2.24, 2.45) is 5.84 Å². The number of amides is 2. The van der Waals surface area contributed by atoms with E-state index in [4.69, 9.17) is 17.4 Å². The molecule has 144 valence electrons. The zero-order valence-electron chi connectivity index (χ0n) is 13.7. The van der Waals surface area contributed by atoms with Gasteiger partial charge in [0.15, 0.2) is 5.82 Å². The number of hydrogen-bond donors (Lipinski definition) is 3. The van der Waals surface area contributed by atoms with E-state index in [1.807, 2.05) is 0 Å². The molecule has 2 aromatic heterocycles. The molecule has 3 aromatic rings. The number of nitrogens with one attached hydrogen (secondary N) is 2. The van der Waals surface area contributed by atoms with Gasteiger partial charge in [0.05, 0.1) is 16.3 Å². The number of carbonyl (C=O) groups is 2. The van der Waals surface area contributed by atoms with E-state index in [9.17, 15) is 9.59 Å². The average Bonchev–Trinajstić information content (AvgIpc) is 3.06. The number of nitrogens with zero attached hydrogens (tertiary/aromatic N) is 3. The van der Waals surface area contributed by atoms with Gasteiger partial charge in [0.2, 0.25) is 0 Å². The van der Waals surface area contributed by atoms with Gasteiger partial charge in [-0.15, -0.1) is 0 Å². The number of nitrogen functional groups attached to an aromatic ring is 1. The Bertz CT molecular complexity index is 1090. The van der Waals surface area contributed by atoms with Gasteiger partial charge in [-0.05, 0) is 72.1 Å². The van der Waals surface area contributed by atoms with Crippen molar-refractivity contribution in [3.63, 3.8) is 0 Å². The highest BCUT2D eigenvalue weighted by Gasteiger charge is 2.22. The largest absolute Gasteiger partial charge is 0.320 e. The Kier molecular flexibility index (Phi) is 6.50. The summed E-state index contributed by atoms with van der Waals surface area (Å²) in [6.45, 7) is 0. The van der Waals surface area contributed by atoms with Crippen LogP contribution < -0.4 is 16.6 Å². The van der Waals surface area contributed by atoms with E-state index in [2.05, 4.69) is 68.6 Å². The lowest BCUT2D eigenvalue weighted by molar-refractivity contribution is 0.0953. The first kappa shape index (κ1) is 20.9. The summed E-state index contributed by atoms with van der Waals surface area (Å²) in [6.07, 6.45) is 1.54. The number of halogens is 4. The summed E-state index contributed by atoms with van der Waals surface area (Å²) in [5.41, 5.74) is 2.62. The molecule has 8 nitrogen and oxygen atoms in total. The van der Waals surface area contributed by atoms with Gasteiger partial charge in [0.1, 0.15) is 10.3 Å². The lowest BCUT2D eigenvalue weighted by atomic mass is 10.1. The van der Waals surface area contributed by atoms with Crippen molar-refractivity contribution < 1.29 is 9.59 Å². The van der Waals surface area contributed by atoms with Gasteiger partial charge in [-0.25, -0.2) is 15.5 Å². The van der Waals surface area contributed by atoms with E-state index in [-0.39, 0.29) is 22.8 Å². The number of carbonyl (C=O) groups excluding carboxylic acids is 2. The molecule has 0 aliphatic carbocycles. The zero-order valence-corrected chi connectivity index (χ0v) is 19.2. The maximum atomic E-state index is 12.9. The molecule has 0 unspecified atom stereocenters. The molecular weight excluding hydrogens is 583 g/mol. The highest BCUT2D eigenvalue weighted by atomic mass is 79.9.